The van der Waals surface area contributed by atoms with E-state index in [1.54, 1.807) is 36.3 Å². The number of hydrogen-bond acceptors (Lipinski definition) is 5. The van der Waals surface area contributed by atoms with E-state index < -0.39 is 10.0 Å². The van der Waals surface area contributed by atoms with Crippen LogP contribution in [0.2, 0.25) is 5.02 Å². The van der Waals surface area contributed by atoms with E-state index in [4.69, 9.17) is 16.3 Å². The van der Waals surface area contributed by atoms with E-state index in [0.717, 1.165) is 22.0 Å². The summed E-state index contributed by atoms with van der Waals surface area (Å²) in [4.78, 5) is 16.7. The molecule has 0 aromatic heterocycles. The van der Waals surface area contributed by atoms with Gasteiger partial charge in [0.05, 0.1) is 24.7 Å². The third-order valence-electron chi connectivity index (χ3n) is 4.85. The van der Waals surface area contributed by atoms with Crippen molar-refractivity contribution in [1.29, 1.82) is 0 Å². The molecule has 0 radical (unpaired) electrons. The summed E-state index contributed by atoms with van der Waals surface area (Å²) in [7, 11) is -1.98. The molecule has 1 aliphatic heterocycles. The van der Waals surface area contributed by atoms with Crippen molar-refractivity contribution in [3.8, 4) is 5.75 Å². The average Bonchev–Trinajstić information content (AvgIpc) is 2.72. The minimum atomic E-state index is -3.61. The maximum atomic E-state index is 12.8. The quantitative estimate of drug-likeness (QED) is 0.694. The van der Waals surface area contributed by atoms with Crippen LogP contribution >= 0.6 is 11.6 Å². The van der Waals surface area contributed by atoms with Crippen LogP contribution < -0.4 is 13.9 Å². The van der Waals surface area contributed by atoms with Crippen molar-refractivity contribution in [3.63, 3.8) is 0 Å². The van der Waals surface area contributed by atoms with Crippen LogP contribution in [0.25, 0.3) is 0 Å². The third kappa shape index (κ3) is 5.13. The van der Waals surface area contributed by atoms with E-state index in [0.29, 0.717) is 36.9 Å². The summed E-state index contributed by atoms with van der Waals surface area (Å²) in [6.45, 7) is 2.07. The van der Waals surface area contributed by atoms with Crippen molar-refractivity contribution >= 4 is 38.9 Å². The number of sulfonamides is 1. The predicted molar refractivity (Wildman–Crippen MR) is 115 cm³/mol. The van der Waals surface area contributed by atoms with E-state index in [1.165, 1.54) is 0 Å². The molecule has 156 valence electrons. The molecule has 1 saturated heterocycles. The summed E-state index contributed by atoms with van der Waals surface area (Å²) in [6.07, 6.45) is 1.09. The van der Waals surface area contributed by atoms with Crippen LogP contribution in [-0.2, 0) is 14.8 Å². The molecule has 0 N–H and O–H groups in total. The van der Waals surface area contributed by atoms with Gasteiger partial charge in [-0.15, -0.1) is 0 Å². The minimum Gasteiger partial charge on any atom is -0.495 e. The number of ether oxygens (including phenoxy) is 1. The first-order valence-electron chi connectivity index (χ1n) is 9.18. The van der Waals surface area contributed by atoms with Gasteiger partial charge >= 0.3 is 0 Å². The van der Waals surface area contributed by atoms with Gasteiger partial charge in [-0.25, -0.2) is 8.42 Å². The zero-order valence-electron chi connectivity index (χ0n) is 16.4. The molecule has 0 spiro atoms. The number of anilines is 2. The van der Waals surface area contributed by atoms with Crippen molar-refractivity contribution in [3.05, 3.63) is 53.6 Å². The van der Waals surface area contributed by atoms with Crippen molar-refractivity contribution in [1.82, 2.24) is 4.90 Å². The van der Waals surface area contributed by atoms with Gasteiger partial charge in [0.2, 0.25) is 15.9 Å². The second-order valence-corrected chi connectivity index (χ2v) is 9.13. The fraction of sp³-hybridized carbons (Fsp3) is 0.350. The molecule has 1 fully saturated rings. The van der Waals surface area contributed by atoms with Gasteiger partial charge in [0.25, 0.3) is 0 Å². The molecule has 29 heavy (non-hydrogen) atoms. The van der Waals surface area contributed by atoms with Gasteiger partial charge in [0.1, 0.15) is 12.3 Å². The van der Waals surface area contributed by atoms with Gasteiger partial charge in [-0.1, -0.05) is 23.7 Å². The van der Waals surface area contributed by atoms with Gasteiger partial charge < -0.3 is 14.5 Å². The summed E-state index contributed by atoms with van der Waals surface area (Å²) < 4.78 is 31.0. The van der Waals surface area contributed by atoms with Gasteiger partial charge in [-0.2, -0.15) is 0 Å². The molecule has 0 aliphatic carbocycles. The Balaban J connectivity index is 1.67. The number of halogens is 1. The Morgan fingerprint density at radius 1 is 1.07 bits per heavy atom. The molecule has 0 atom stereocenters. The van der Waals surface area contributed by atoms with E-state index in [2.05, 4.69) is 4.90 Å². The summed E-state index contributed by atoms with van der Waals surface area (Å²) in [6, 6.07) is 14.2. The maximum Gasteiger partial charge on any atom is 0.243 e. The molecule has 1 heterocycles. The Morgan fingerprint density at radius 3 is 2.28 bits per heavy atom. The second-order valence-electron chi connectivity index (χ2n) is 6.79. The number of piperazine rings is 1. The van der Waals surface area contributed by atoms with Gasteiger partial charge in [0, 0.05) is 31.2 Å². The summed E-state index contributed by atoms with van der Waals surface area (Å²) >= 11 is 5.89. The van der Waals surface area contributed by atoms with E-state index >= 15 is 0 Å². The largest absolute Gasteiger partial charge is 0.495 e. The number of benzene rings is 2. The van der Waals surface area contributed by atoms with Crippen molar-refractivity contribution in [2.45, 2.75) is 0 Å². The lowest BCUT2D eigenvalue weighted by molar-refractivity contribution is -0.129. The lowest BCUT2D eigenvalue weighted by Crippen LogP contribution is -2.52. The third-order valence-corrected chi connectivity index (χ3v) is 6.24. The highest BCUT2D eigenvalue weighted by Gasteiger charge is 2.27. The van der Waals surface area contributed by atoms with Crippen molar-refractivity contribution < 1.29 is 17.9 Å². The highest BCUT2D eigenvalue weighted by molar-refractivity contribution is 7.92. The monoisotopic (exact) mass is 437 g/mol. The number of amides is 1. The summed E-state index contributed by atoms with van der Waals surface area (Å²) in [5.41, 5.74) is 1.40. The summed E-state index contributed by atoms with van der Waals surface area (Å²) in [5, 5.41) is 0.501. The Hall–Kier alpha value is -2.45. The zero-order chi connectivity index (χ0) is 21.0. The number of carbonyl (C=O) groups excluding carboxylic acids is 1. The Kier molecular flexibility index (Phi) is 6.54. The standard InChI is InChI=1S/C20H24ClN3O4S/c1-28-19-6-4-3-5-18(19)22-11-13-23(14-12-22)20(25)15-24(29(2,26)27)17-9-7-16(21)8-10-17/h3-10H,11-15H2,1-2H3. The van der Waals surface area contributed by atoms with Crippen LogP contribution in [0.4, 0.5) is 11.4 Å². The number of hydrogen-bond donors (Lipinski definition) is 0. The molecule has 0 bridgehead atoms. The molecule has 0 saturated carbocycles. The van der Waals surface area contributed by atoms with Crippen LogP contribution in [0.15, 0.2) is 48.5 Å². The molecule has 2 aromatic rings. The first kappa shape index (κ1) is 21.3. The molecule has 7 nitrogen and oxygen atoms in total. The minimum absolute atomic E-state index is 0.231. The lowest BCUT2D eigenvalue weighted by atomic mass is 10.2. The first-order chi connectivity index (χ1) is 13.8. The molecule has 1 aliphatic rings. The van der Waals surface area contributed by atoms with Crippen LogP contribution in [0.1, 0.15) is 0 Å². The molecule has 2 aromatic carbocycles. The first-order valence-corrected chi connectivity index (χ1v) is 11.4. The fourth-order valence-electron chi connectivity index (χ4n) is 3.32. The van der Waals surface area contributed by atoms with E-state index in [9.17, 15) is 13.2 Å². The number of nitrogens with zero attached hydrogens (tertiary/aromatic N) is 3. The van der Waals surface area contributed by atoms with Crippen LogP contribution in [0.5, 0.6) is 5.75 Å². The number of rotatable bonds is 6. The zero-order valence-corrected chi connectivity index (χ0v) is 18.0. The molecule has 3 rings (SSSR count). The molecular weight excluding hydrogens is 414 g/mol. The Bertz CT molecular complexity index is 958. The SMILES string of the molecule is COc1ccccc1N1CCN(C(=O)CN(c2ccc(Cl)cc2)S(C)(=O)=O)CC1. The van der Waals surface area contributed by atoms with E-state index in [1.807, 2.05) is 24.3 Å². The van der Waals surface area contributed by atoms with E-state index in [-0.39, 0.29) is 12.5 Å². The second kappa shape index (κ2) is 8.92. The summed E-state index contributed by atoms with van der Waals surface area (Å²) in [5.74, 6) is 0.559. The van der Waals surface area contributed by atoms with Crippen LogP contribution in [0.3, 0.4) is 0 Å². The maximum absolute atomic E-state index is 12.8. The molecular formula is C20H24ClN3O4S. The van der Waals surface area contributed by atoms with Gasteiger partial charge in [-0.3, -0.25) is 9.10 Å². The van der Waals surface area contributed by atoms with Gasteiger partial charge in [-0.05, 0) is 36.4 Å². The Labute approximate surface area is 176 Å². The lowest BCUT2D eigenvalue weighted by Gasteiger charge is -2.37. The number of para-hydroxylation sites is 2. The fourth-order valence-corrected chi connectivity index (χ4v) is 4.29. The van der Waals surface area contributed by atoms with Crippen molar-refractivity contribution in [2.75, 3.05) is 55.3 Å². The smallest absolute Gasteiger partial charge is 0.243 e. The van der Waals surface area contributed by atoms with Crippen LogP contribution in [0, 0.1) is 0 Å². The van der Waals surface area contributed by atoms with Crippen molar-refractivity contribution in [2.24, 2.45) is 0 Å². The van der Waals surface area contributed by atoms with Gasteiger partial charge in [0.15, 0.2) is 0 Å². The molecule has 1 amide bonds. The Morgan fingerprint density at radius 2 is 1.69 bits per heavy atom. The highest BCUT2D eigenvalue weighted by Crippen LogP contribution is 2.28. The highest BCUT2D eigenvalue weighted by atomic mass is 35.5. The number of carbonyl (C=O) groups is 1. The number of methoxy groups -OCH3 is 1. The molecule has 0 unspecified atom stereocenters. The topological polar surface area (TPSA) is 70.2 Å². The molecule has 9 heteroatoms. The average molecular weight is 438 g/mol. The van der Waals surface area contributed by atoms with Crippen LogP contribution in [-0.4, -0.2) is 65.3 Å². The predicted octanol–water partition coefficient (Wildman–Crippen LogP) is 2.46. The normalized spacial score (nSPS) is 14.6.